The Balaban J connectivity index is 2.24. The van der Waals surface area contributed by atoms with E-state index in [0.29, 0.717) is 28.1 Å². The molecule has 0 saturated heterocycles. The van der Waals surface area contributed by atoms with Gasteiger partial charge in [0.1, 0.15) is 6.04 Å². The third-order valence-electron chi connectivity index (χ3n) is 4.46. The molecule has 0 aromatic heterocycles. The second-order valence-electron chi connectivity index (χ2n) is 7.23. The largest absolute Gasteiger partial charge is 0.478 e. The summed E-state index contributed by atoms with van der Waals surface area (Å²) in [6.07, 6.45) is 2.15. The zero-order valence-electron chi connectivity index (χ0n) is 16.8. The van der Waals surface area contributed by atoms with E-state index in [0.717, 1.165) is 4.90 Å². The van der Waals surface area contributed by atoms with Gasteiger partial charge in [0.2, 0.25) is 0 Å². The van der Waals surface area contributed by atoms with E-state index in [1.165, 1.54) is 25.2 Å². The Morgan fingerprint density at radius 1 is 1.13 bits per heavy atom. The topological polar surface area (TPSA) is 110 Å². The van der Waals surface area contributed by atoms with Crippen molar-refractivity contribution in [3.63, 3.8) is 0 Å². The summed E-state index contributed by atoms with van der Waals surface area (Å²) < 4.78 is 0. The van der Waals surface area contributed by atoms with Crippen molar-refractivity contribution < 1.29 is 19.5 Å². The zero-order valence-corrected chi connectivity index (χ0v) is 17.6. The molecule has 0 aliphatic carbocycles. The van der Waals surface area contributed by atoms with E-state index in [9.17, 15) is 14.4 Å². The van der Waals surface area contributed by atoms with Crippen molar-refractivity contribution in [1.29, 1.82) is 5.26 Å². The second-order valence-corrected chi connectivity index (χ2v) is 7.64. The Hall–Kier alpha value is -3.37. The van der Waals surface area contributed by atoms with Crippen molar-refractivity contribution >= 4 is 29.4 Å². The Morgan fingerprint density at radius 3 is 2.27 bits per heavy atom. The number of carboxylic acid groups (broad SMARTS) is 1. The maximum atomic E-state index is 12.6. The fourth-order valence-electron chi connectivity index (χ4n) is 2.90. The van der Waals surface area contributed by atoms with E-state index in [4.69, 9.17) is 22.0 Å². The van der Waals surface area contributed by atoms with Gasteiger partial charge in [-0.1, -0.05) is 37.6 Å². The summed E-state index contributed by atoms with van der Waals surface area (Å²) in [4.78, 5) is 37.1. The van der Waals surface area contributed by atoms with Crippen molar-refractivity contribution in [2.24, 2.45) is 5.92 Å². The number of carboxylic acids is 1. The van der Waals surface area contributed by atoms with E-state index >= 15 is 0 Å². The third kappa shape index (κ3) is 5.58. The lowest BCUT2D eigenvalue weighted by atomic mass is 10.0. The van der Waals surface area contributed by atoms with Crippen LogP contribution in [0.4, 0.5) is 0 Å². The molecule has 7 nitrogen and oxygen atoms in total. The molecule has 2 aromatic carbocycles. The molecule has 0 unspecified atom stereocenters. The van der Waals surface area contributed by atoms with E-state index in [1.807, 2.05) is 13.8 Å². The molecule has 2 aromatic rings. The highest BCUT2D eigenvalue weighted by atomic mass is 35.5. The monoisotopic (exact) mass is 427 g/mol. The highest BCUT2D eigenvalue weighted by Gasteiger charge is 2.25. The molecule has 30 heavy (non-hydrogen) atoms. The van der Waals surface area contributed by atoms with Gasteiger partial charge in [-0.25, -0.2) is 4.79 Å². The number of carbonyl (C=O) groups excluding carboxylic acids is 2. The van der Waals surface area contributed by atoms with Crippen LogP contribution in [0.1, 0.15) is 41.0 Å². The first-order chi connectivity index (χ1) is 14.1. The van der Waals surface area contributed by atoms with Crippen molar-refractivity contribution in [1.82, 2.24) is 10.2 Å². The number of rotatable bonds is 7. The Bertz CT molecular complexity index is 996. The molecule has 2 amide bonds. The van der Waals surface area contributed by atoms with Crippen LogP contribution in [0, 0.1) is 17.4 Å². The Labute approximate surface area is 179 Å². The molecule has 1 atom stereocenters. The van der Waals surface area contributed by atoms with E-state index in [2.05, 4.69) is 5.32 Å². The van der Waals surface area contributed by atoms with Gasteiger partial charge >= 0.3 is 5.97 Å². The van der Waals surface area contributed by atoms with Gasteiger partial charge in [0.05, 0.1) is 5.56 Å². The number of likely N-dealkylation sites (N-methyl/N-ethyl adjacent to an activating group) is 1. The second kappa shape index (κ2) is 9.90. The first-order valence-electron chi connectivity index (χ1n) is 9.25. The molecule has 2 N–H and O–H groups in total. The summed E-state index contributed by atoms with van der Waals surface area (Å²) in [6.45, 7) is 3.84. The van der Waals surface area contributed by atoms with Crippen molar-refractivity contribution in [2.75, 3.05) is 7.05 Å². The first kappa shape index (κ1) is 22.9. The predicted octanol–water partition coefficient (Wildman–Crippen LogP) is 3.79. The minimum absolute atomic E-state index is 0.105. The highest BCUT2D eigenvalue weighted by Crippen LogP contribution is 2.29. The standard InChI is InChI=1S/C22H22ClN3O4/c1-13(2)10-19(21(28)26(3)12-24)25-20(27)15-6-4-14(5-7-15)17-11-16(22(29)30)8-9-18(17)23/h4-9,11,13,19H,10H2,1-3H3,(H,25,27)(H,29,30)/t19-/m0/s1. The van der Waals surface area contributed by atoms with E-state index in [1.54, 1.807) is 30.5 Å². The molecule has 0 fully saturated rings. The van der Waals surface area contributed by atoms with Crippen LogP contribution >= 0.6 is 11.6 Å². The average Bonchev–Trinajstić information content (AvgIpc) is 2.72. The molecule has 0 spiro atoms. The molecule has 0 aliphatic rings. The number of benzene rings is 2. The van der Waals surface area contributed by atoms with Gasteiger partial charge in [0.15, 0.2) is 6.19 Å². The average molecular weight is 428 g/mol. The highest BCUT2D eigenvalue weighted by molar-refractivity contribution is 6.33. The summed E-state index contributed by atoms with van der Waals surface area (Å²) in [7, 11) is 1.35. The van der Waals surface area contributed by atoms with Crippen LogP contribution in [0.15, 0.2) is 42.5 Å². The molecular formula is C22H22ClN3O4. The lowest BCUT2D eigenvalue weighted by Gasteiger charge is -2.21. The van der Waals surface area contributed by atoms with Gasteiger partial charge in [-0.05, 0) is 48.2 Å². The number of nitriles is 1. The minimum Gasteiger partial charge on any atom is -0.478 e. The molecule has 0 radical (unpaired) electrons. The van der Waals surface area contributed by atoms with Crippen molar-refractivity contribution in [3.8, 4) is 17.3 Å². The summed E-state index contributed by atoms with van der Waals surface area (Å²) in [5.74, 6) is -1.85. The number of aromatic carboxylic acids is 1. The van der Waals surface area contributed by atoms with Crippen molar-refractivity contribution in [3.05, 3.63) is 58.6 Å². The van der Waals surface area contributed by atoms with Crippen LogP contribution in [-0.4, -0.2) is 40.9 Å². The number of hydrogen-bond donors (Lipinski definition) is 2. The summed E-state index contributed by atoms with van der Waals surface area (Å²) in [5, 5.41) is 21.2. The zero-order chi connectivity index (χ0) is 22.4. The molecule has 0 saturated carbocycles. The SMILES string of the molecule is CC(C)C[C@H](NC(=O)c1ccc(-c2cc(C(=O)O)ccc2Cl)cc1)C(=O)N(C)C#N. The summed E-state index contributed by atoms with van der Waals surface area (Å²) in [5.41, 5.74) is 1.61. The normalized spacial score (nSPS) is 11.5. The quantitative estimate of drug-likeness (QED) is 0.516. The van der Waals surface area contributed by atoms with Crippen LogP contribution in [0.2, 0.25) is 5.02 Å². The maximum Gasteiger partial charge on any atom is 0.335 e. The number of carbonyl (C=O) groups is 3. The van der Waals surface area contributed by atoms with Gasteiger partial charge in [-0.3, -0.25) is 14.5 Å². The van der Waals surface area contributed by atoms with Crippen LogP contribution in [0.25, 0.3) is 11.1 Å². The van der Waals surface area contributed by atoms with Gasteiger partial charge < -0.3 is 10.4 Å². The van der Waals surface area contributed by atoms with Crippen molar-refractivity contribution in [2.45, 2.75) is 26.3 Å². The van der Waals surface area contributed by atoms with Crippen LogP contribution in [-0.2, 0) is 4.79 Å². The van der Waals surface area contributed by atoms with Crippen LogP contribution in [0.3, 0.4) is 0 Å². The lowest BCUT2D eigenvalue weighted by molar-refractivity contribution is -0.129. The van der Waals surface area contributed by atoms with Gasteiger partial charge in [-0.2, -0.15) is 5.26 Å². The summed E-state index contributed by atoms with van der Waals surface area (Å²) in [6, 6.07) is 10.0. The first-order valence-corrected chi connectivity index (χ1v) is 9.63. The van der Waals surface area contributed by atoms with Crippen LogP contribution < -0.4 is 5.32 Å². The molecule has 0 heterocycles. The number of halogens is 1. The molecular weight excluding hydrogens is 406 g/mol. The van der Waals surface area contributed by atoms with Crippen LogP contribution in [0.5, 0.6) is 0 Å². The molecule has 8 heteroatoms. The van der Waals surface area contributed by atoms with Gasteiger partial charge in [0, 0.05) is 23.2 Å². The smallest absolute Gasteiger partial charge is 0.335 e. The fraction of sp³-hybridized carbons (Fsp3) is 0.273. The molecule has 156 valence electrons. The fourth-order valence-corrected chi connectivity index (χ4v) is 3.12. The lowest BCUT2D eigenvalue weighted by Crippen LogP contribution is -2.46. The van der Waals surface area contributed by atoms with Gasteiger partial charge in [-0.15, -0.1) is 0 Å². The molecule has 0 aliphatic heterocycles. The predicted molar refractivity (Wildman–Crippen MR) is 113 cm³/mol. The minimum atomic E-state index is -1.06. The Morgan fingerprint density at radius 2 is 1.73 bits per heavy atom. The number of nitrogens with zero attached hydrogens (tertiary/aromatic N) is 2. The third-order valence-corrected chi connectivity index (χ3v) is 4.79. The maximum absolute atomic E-state index is 12.6. The van der Waals surface area contributed by atoms with Gasteiger partial charge in [0.25, 0.3) is 11.8 Å². The number of hydrogen-bond acceptors (Lipinski definition) is 4. The molecule has 0 bridgehead atoms. The molecule has 2 rings (SSSR count). The van der Waals surface area contributed by atoms with E-state index < -0.39 is 23.8 Å². The summed E-state index contributed by atoms with van der Waals surface area (Å²) >= 11 is 6.19. The number of amides is 2. The Kier molecular flexibility index (Phi) is 7.56. The van der Waals surface area contributed by atoms with E-state index in [-0.39, 0.29) is 11.5 Å². The number of nitrogens with one attached hydrogen (secondary N) is 1.